The summed E-state index contributed by atoms with van der Waals surface area (Å²) in [6, 6.07) is 18.1. The van der Waals surface area contributed by atoms with Crippen molar-refractivity contribution in [2.24, 2.45) is 0 Å². The molecule has 1 atom stereocenters. The van der Waals surface area contributed by atoms with Gasteiger partial charge in [0.05, 0.1) is 5.52 Å². The van der Waals surface area contributed by atoms with Gasteiger partial charge in [-0.2, -0.15) is 4.98 Å². The molecule has 7 nitrogen and oxygen atoms in total. The van der Waals surface area contributed by atoms with Crippen LogP contribution in [0.25, 0.3) is 10.9 Å². The van der Waals surface area contributed by atoms with E-state index in [9.17, 15) is 4.79 Å². The van der Waals surface area contributed by atoms with E-state index in [1.165, 1.54) is 0 Å². The first-order valence-corrected chi connectivity index (χ1v) is 11.1. The lowest BCUT2D eigenvalue weighted by Crippen LogP contribution is -2.42. The minimum absolute atomic E-state index is 0.0800. The number of methoxy groups -OCH3 is 1. The molecule has 0 radical (unpaired) electrons. The van der Waals surface area contributed by atoms with Gasteiger partial charge in [0.1, 0.15) is 5.82 Å². The third kappa shape index (κ3) is 4.99. The number of fused-ring (bicyclic) bond motifs is 1. The first kappa shape index (κ1) is 22.0. The van der Waals surface area contributed by atoms with Crippen molar-refractivity contribution in [1.82, 2.24) is 15.3 Å². The van der Waals surface area contributed by atoms with Gasteiger partial charge < -0.3 is 20.3 Å². The molecule has 1 aliphatic rings. The van der Waals surface area contributed by atoms with Crippen molar-refractivity contribution in [2.45, 2.75) is 43.9 Å². The van der Waals surface area contributed by atoms with Crippen molar-refractivity contribution in [3.8, 4) is 0 Å². The Labute approximate surface area is 189 Å². The molecule has 0 saturated heterocycles. The van der Waals surface area contributed by atoms with Gasteiger partial charge in [0, 0.05) is 38.7 Å². The van der Waals surface area contributed by atoms with Gasteiger partial charge in [0.15, 0.2) is 6.10 Å². The van der Waals surface area contributed by atoms with Crippen molar-refractivity contribution >= 4 is 28.6 Å². The van der Waals surface area contributed by atoms with E-state index in [1.54, 1.807) is 7.11 Å². The van der Waals surface area contributed by atoms with E-state index in [1.807, 2.05) is 73.6 Å². The van der Waals surface area contributed by atoms with E-state index in [-0.39, 0.29) is 18.0 Å². The molecule has 1 heterocycles. The minimum Gasteiger partial charge on any atom is -0.367 e. The van der Waals surface area contributed by atoms with Crippen LogP contribution in [0.5, 0.6) is 0 Å². The number of anilines is 2. The van der Waals surface area contributed by atoms with Crippen molar-refractivity contribution in [3.63, 3.8) is 0 Å². The lowest BCUT2D eigenvalue weighted by atomic mass is 9.91. The Bertz CT molecular complexity index is 1050. The summed E-state index contributed by atoms with van der Waals surface area (Å²) in [5.74, 6) is 1.48. The summed E-state index contributed by atoms with van der Waals surface area (Å²) < 4.78 is 5.46. The molecule has 1 aromatic heterocycles. The first-order valence-electron chi connectivity index (χ1n) is 11.1. The maximum Gasteiger partial charge on any atom is 0.253 e. The summed E-state index contributed by atoms with van der Waals surface area (Å²) >= 11 is 0. The molecule has 4 rings (SSSR count). The van der Waals surface area contributed by atoms with E-state index in [4.69, 9.17) is 14.7 Å². The van der Waals surface area contributed by atoms with Crippen LogP contribution in [0.4, 0.5) is 11.8 Å². The molecular weight excluding hydrogens is 402 g/mol. The Balaban J connectivity index is 1.36. The maximum atomic E-state index is 12.8. The summed E-state index contributed by atoms with van der Waals surface area (Å²) in [4.78, 5) is 24.2. The minimum atomic E-state index is -0.581. The molecule has 32 heavy (non-hydrogen) atoms. The van der Waals surface area contributed by atoms with Crippen molar-refractivity contribution in [3.05, 3.63) is 60.2 Å². The number of rotatable bonds is 7. The van der Waals surface area contributed by atoms with Gasteiger partial charge >= 0.3 is 0 Å². The summed E-state index contributed by atoms with van der Waals surface area (Å²) in [6.07, 6.45) is 3.12. The highest BCUT2D eigenvalue weighted by Gasteiger charge is 2.27. The van der Waals surface area contributed by atoms with Crippen LogP contribution in [0.2, 0.25) is 0 Å². The second-order valence-corrected chi connectivity index (χ2v) is 8.51. The van der Waals surface area contributed by atoms with E-state index in [0.717, 1.165) is 48.0 Å². The van der Waals surface area contributed by atoms with Crippen LogP contribution in [0.15, 0.2) is 54.6 Å². The summed E-state index contributed by atoms with van der Waals surface area (Å²) in [5, 5.41) is 7.73. The number of hydrogen-bond donors (Lipinski definition) is 2. The van der Waals surface area contributed by atoms with Crippen LogP contribution < -0.4 is 15.5 Å². The molecule has 0 bridgehead atoms. The average molecular weight is 434 g/mol. The number of aromatic nitrogens is 2. The SMILES string of the molecule is COC(C(=O)N[C@H]1CC[C@@H](Nc2nc(N(C)C)c3ccccc3n2)CC1)c1ccccc1. The number of nitrogens with zero attached hydrogens (tertiary/aromatic N) is 3. The van der Waals surface area contributed by atoms with Crippen LogP contribution in [0, 0.1) is 0 Å². The standard InChI is InChI=1S/C25H31N5O2/c1-30(2)23-20-11-7-8-12-21(20)28-25(29-23)27-19-15-13-18(14-16-19)26-24(31)22(32-3)17-9-5-4-6-10-17/h4-12,18-19,22H,13-16H2,1-3H3,(H,26,31)(H,27,28,29)/t18-,19+,22?. The number of ether oxygens (including phenoxy) is 1. The second kappa shape index (κ2) is 9.96. The lowest BCUT2D eigenvalue weighted by Gasteiger charge is -2.31. The number of amides is 1. The van der Waals surface area contributed by atoms with E-state index >= 15 is 0 Å². The number of benzene rings is 2. The Kier molecular flexibility index (Phi) is 6.85. The summed E-state index contributed by atoms with van der Waals surface area (Å²) in [7, 11) is 5.56. The second-order valence-electron chi connectivity index (χ2n) is 8.51. The zero-order valence-electron chi connectivity index (χ0n) is 18.9. The van der Waals surface area contributed by atoms with Crippen LogP contribution in [0.3, 0.4) is 0 Å². The molecule has 1 amide bonds. The molecule has 1 unspecified atom stereocenters. The quantitative estimate of drug-likeness (QED) is 0.588. The largest absolute Gasteiger partial charge is 0.367 e. The van der Waals surface area contributed by atoms with E-state index in [0.29, 0.717) is 5.95 Å². The van der Waals surface area contributed by atoms with Crippen LogP contribution in [-0.4, -0.2) is 49.2 Å². The predicted molar refractivity (Wildman–Crippen MR) is 128 cm³/mol. The maximum absolute atomic E-state index is 12.8. The normalized spacial score (nSPS) is 19.3. The molecule has 2 N–H and O–H groups in total. The number of hydrogen-bond acceptors (Lipinski definition) is 6. The van der Waals surface area contributed by atoms with E-state index in [2.05, 4.69) is 10.6 Å². The molecule has 7 heteroatoms. The van der Waals surface area contributed by atoms with E-state index < -0.39 is 6.10 Å². The summed E-state index contributed by atoms with van der Waals surface area (Å²) in [6.45, 7) is 0. The van der Waals surface area contributed by atoms with Gasteiger partial charge in [-0.1, -0.05) is 42.5 Å². The Morgan fingerprint density at radius 2 is 1.62 bits per heavy atom. The fourth-order valence-electron chi connectivity index (χ4n) is 4.33. The zero-order chi connectivity index (χ0) is 22.5. The Morgan fingerprint density at radius 1 is 0.969 bits per heavy atom. The van der Waals surface area contributed by atoms with Crippen molar-refractivity contribution in [2.75, 3.05) is 31.4 Å². The molecule has 0 aliphatic heterocycles. The van der Waals surface area contributed by atoms with Gasteiger partial charge in [0.2, 0.25) is 5.95 Å². The molecule has 1 saturated carbocycles. The first-order chi connectivity index (χ1) is 15.5. The number of nitrogens with one attached hydrogen (secondary N) is 2. The molecule has 1 fully saturated rings. The fourth-order valence-corrected chi connectivity index (χ4v) is 4.33. The topological polar surface area (TPSA) is 79.4 Å². The smallest absolute Gasteiger partial charge is 0.253 e. The molecule has 3 aromatic rings. The van der Waals surface area contributed by atoms with Crippen LogP contribution in [0.1, 0.15) is 37.4 Å². The van der Waals surface area contributed by atoms with Gasteiger partial charge in [0.25, 0.3) is 5.91 Å². The van der Waals surface area contributed by atoms with Crippen LogP contribution >= 0.6 is 0 Å². The highest BCUT2D eigenvalue weighted by Crippen LogP contribution is 2.27. The lowest BCUT2D eigenvalue weighted by molar-refractivity contribution is -0.132. The zero-order valence-corrected chi connectivity index (χ0v) is 18.9. The number of carbonyl (C=O) groups is 1. The molecule has 1 aliphatic carbocycles. The van der Waals surface area contributed by atoms with Crippen molar-refractivity contribution < 1.29 is 9.53 Å². The van der Waals surface area contributed by atoms with Crippen LogP contribution in [-0.2, 0) is 9.53 Å². The molecule has 0 spiro atoms. The third-order valence-electron chi connectivity index (χ3n) is 5.99. The molecule has 168 valence electrons. The predicted octanol–water partition coefficient (Wildman–Crippen LogP) is 3.92. The van der Waals surface area contributed by atoms with Gasteiger partial charge in [-0.05, 0) is 43.4 Å². The monoisotopic (exact) mass is 433 g/mol. The third-order valence-corrected chi connectivity index (χ3v) is 5.99. The van der Waals surface area contributed by atoms with Gasteiger partial charge in [-0.15, -0.1) is 0 Å². The number of para-hydroxylation sites is 1. The average Bonchev–Trinajstić information content (AvgIpc) is 2.81. The molecular formula is C25H31N5O2. The molecule has 2 aromatic carbocycles. The fraction of sp³-hybridized carbons (Fsp3) is 0.400. The Morgan fingerprint density at radius 3 is 2.31 bits per heavy atom. The highest BCUT2D eigenvalue weighted by molar-refractivity contribution is 5.90. The van der Waals surface area contributed by atoms with Crippen molar-refractivity contribution in [1.29, 1.82) is 0 Å². The van der Waals surface area contributed by atoms with Gasteiger partial charge in [-0.25, -0.2) is 4.98 Å². The number of carbonyl (C=O) groups excluding carboxylic acids is 1. The van der Waals surface area contributed by atoms with Gasteiger partial charge in [-0.3, -0.25) is 4.79 Å². The highest BCUT2D eigenvalue weighted by atomic mass is 16.5. The summed E-state index contributed by atoms with van der Waals surface area (Å²) in [5.41, 5.74) is 1.80. The Hall–Kier alpha value is -3.19.